The minimum atomic E-state index is -5.65. The standard InChI is InChI=1S/C15H12F6N2.C15H18N2/c16-14(17,18)13(15(19,20)21,9-3-1-5-11(22)7-9)10-4-2-6-12(23)8-10;1-15(2,11-3-7-13(16)8-4-11)12-5-9-14(17)10-6-12/h1-8H,22-23H2;3-10H,16-17H2,1-2H3. The van der Waals surface area contributed by atoms with Gasteiger partial charge in [-0.05, 0) is 70.8 Å². The van der Waals surface area contributed by atoms with E-state index in [4.69, 9.17) is 22.9 Å². The molecule has 0 saturated carbocycles. The highest BCUT2D eigenvalue weighted by Crippen LogP contribution is 2.56. The van der Waals surface area contributed by atoms with Crippen LogP contribution in [0.25, 0.3) is 0 Å². The minimum absolute atomic E-state index is 0.0403. The zero-order valence-corrected chi connectivity index (χ0v) is 21.8. The SMILES string of the molecule is CC(C)(c1ccc(N)cc1)c1ccc(N)cc1.Nc1cccc(C(c2cccc(N)c2)(C(F)(F)F)C(F)(F)F)c1. The summed E-state index contributed by atoms with van der Waals surface area (Å²) >= 11 is 0. The summed E-state index contributed by atoms with van der Waals surface area (Å²) in [5.74, 6) is 0. The molecule has 0 fully saturated rings. The van der Waals surface area contributed by atoms with Crippen molar-refractivity contribution in [3.63, 3.8) is 0 Å². The summed E-state index contributed by atoms with van der Waals surface area (Å²) in [6.07, 6.45) is -11.3. The molecule has 0 bridgehead atoms. The van der Waals surface area contributed by atoms with Gasteiger partial charge in [-0.25, -0.2) is 0 Å². The molecule has 0 radical (unpaired) electrons. The molecule has 212 valence electrons. The van der Waals surface area contributed by atoms with E-state index in [2.05, 4.69) is 38.1 Å². The molecule has 0 heterocycles. The van der Waals surface area contributed by atoms with Crippen LogP contribution in [0.3, 0.4) is 0 Å². The zero-order chi connectivity index (χ0) is 29.9. The molecule has 0 amide bonds. The normalized spacial score (nSPS) is 12.4. The van der Waals surface area contributed by atoms with E-state index < -0.39 is 28.9 Å². The quantitative estimate of drug-likeness (QED) is 0.154. The first-order chi connectivity index (χ1) is 18.5. The van der Waals surface area contributed by atoms with Gasteiger partial charge < -0.3 is 22.9 Å². The number of hydrogen-bond donors (Lipinski definition) is 4. The van der Waals surface area contributed by atoms with Gasteiger partial charge in [0.2, 0.25) is 5.41 Å². The molecule has 40 heavy (non-hydrogen) atoms. The van der Waals surface area contributed by atoms with E-state index in [-0.39, 0.29) is 16.8 Å². The topological polar surface area (TPSA) is 104 Å². The van der Waals surface area contributed by atoms with Gasteiger partial charge >= 0.3 is 12.4 Å². The van der Waals surface area contributed by atoms with Crippen LogP contribution < -0.4 is 22.9 Å². The molecule has 8 N–H and O–H groups in total. The Kier molecular flexibility index (Phi) is 8.33. The Bertz CT molecular complexity index is 1320. The maximum atomic E-state index is 13.7. The molecule has 4 aromatic rings. The van der Waals surface area contributed by atoms with E-state index in [0.29, 0.717) is 12.1 Å². The van der Waals surface area contributed by atoms with Gasteiger partial charge in [0.15, 0.2) is 0 Å². The van der Waals surface area contributed by atoms with E-state index in [9.17, 15) is 26.3 Å². The van der Waals surface area contributed by atoms with Crippen molar-refractivity contribution in [1.29, 1.82) is 0 Å². The van der Waals surface area contributed by atoms with Crippen LogP contribution in [-0.2, 0) is 10.8 Å². The molecule has 10 heteroatoms. The Hall–Kier alpha value is -4.34. The smallest absolute Gasteiger partial charge is 0.399 e. The summed E-state index contributed by atoms with van der Waals surface area (Å²) in [7, 11) is 0. The van der Waals surface area contributed by atoms with Crippen molar-refractivity contribution in [2.24, 2.45) is 0 Å². The molecule has 0 atom stereocenters. The number of alkyl halides is 6. The predicted octanol–water partition coefficient (Wildman–Crippen LogP) is 7.44. The van der Waals surface area contributed by atoms with Crippen molar-refractivity contribution < 1.29 is 26.3 Å². The van der Waals surface area contributed by atoms with Crippen molar-refractivity contribution in [2.75, 3.05) is 22.9 Å². The monoisotopic (exact) mass is 560 g/mol. The summed E-state index contributed by atoms with van der Waals surface area (Å²) < 4.78 is 82.2. The van der Waals surface area contributed by atoms with Crippen LogP contribution in [0, 0.1) is 0 Å². The molecule has 4 aromatic carbocycles. The first-order valence-electron chi connectivity index (χ1n) is 12.1. The van der Waals surface area contributed by atoms with Crippen LogP contribution in [0.1, 0.15) is 36.1 Å². The fourth-order valence-corrected chi connectivity index (χ4v) is 4.49. The van der Waals surface area contributed by atoms with Gasteiger partial charge in [0.25, 0.3) is 0 Å². The van der Waals surface area contributed by atoms with E-state index in [0.717, 1.165) is 35.6 Å². The fourth-order valence-electron chi connectivity index (χ4n) is 4.49. The average Bonchev–Trinajstić information content (AvgIpc) is 2.84. The number of rotatable bonds is 4. The van der Waals surface area contributed by atoms with Gasteiger partial charge in [0.05, 0.1) is 0 Å². The molecule has 0 aromatic heterocycles. The molecule has 0 unspecified atom stereocenters. The zero-order valence-electron chi connectivity index (χ0n) is 21.8. The fraction of sp³-hybridized carbons (Fsp3) is 0.200. The molecular formula is C30H30F6N4. The highest BCUT2D eigenvalue weighted by atomic mass is 19.4. The van der Waals surface area contributed by atoms with E-state index in [1.54, 1.807) is 0 Å². The lowest BCUT2D eigenvalue weighted by Gasteiger charge is -2.38. The third-order valence-corrected chi connectivity index (χ3v) is 6.75. The number of nitrogens with two attached hydrogens (primary N) is 4. The third-order valence-electron chi connectivity index (χ3n) is 6.75. The molecule has 0 spiro atoms. The maximum absolute atomic E-state index is 13.7. The Morgan fingerprint density at radius 1 is 0.425 bits per heavy atom. The van der Waals surface area contributed by atoms with Crippen molar-refractivity contribution in [3.05, 3.63) is 119 Å². The van der Waals surface area contributed by atoms with Crippen molar-refractivity contribution in [1.82, 2.24) is 0 Å². The van der Waals surface area contributed by atoms with Gasteiger partial charge in [0, 0.05) is 28.2 Å². The largest absolute Gasteiger partial charge is 0.411 e. The molecule has 4 nitrogen and oxygen atoms in total. The lowest BCUT2D eigenvalue weighted by molar-refractivity contribution is -0.288. The number of hydrogen-bond acceptors (Lipinski definition) is 4. The van der Waals surface area contributed by atoms with Gasteiger partial charge in [-0.2, -0.15) is 26.3 Å². The van der Waals surface area contributed by atoms with Crippen LogP contribution in [0.4, 0.5) is 49.1 Å². The van der Waals surface area contributed by atoms with Crippen molar-refractivity contribution in [2.45, 2.75) is 37.0 Å². The summed E-state index contributed by atoms with van der Waals surface area (Å²) in [6.45, 7) is 4.40. The Morgan fingerprint density at radius 3 is 1.02 bits per heavy atom. The minimum Gasteiger partial charge on any atom is -0.399 e. The molecule has 4 rings (SSSR count). The van der Waals surface area contributed by atoms with E-state index in [1.165, 1.54) is 23.3 Å². The van der Waals surface area contributed by atoms with E-state index >= 15 is 0 Å². The van der Waals surface area contributed by atoms with E-state index in [1.807, 2.05) is 24.3 Å². The van der Waals surface area contributed by atoms with Crippen LogP contribution in [0.5, 0.6) is 0 Å². The maximum Gasteiger partial charge on any atom is 0.411 e. The second-order valence-electron chi connectivity index (χ2n) is 9.87. The summed E-state index contributed by atoms with van der Waals surface area (Å²) in [5, 5.41) is 0. The first-order valence-corrected chi connectivity index (χ1v) is 12.1. The highest BCUT2D eigenvalue weighted by molar-refractivity contribution is 5.54. The van der Waals surface area contributed by atoms with Gasteiger partial charge in [-0.1, -0.05) is 62.4 Å². The van der Waals surface area contributed by atoms with Gasteiger partial charge in [-0.15, -0.1) is 0 Å². The van der Waals surface area contributed by atoms with Crippen LogP contribution in [0.2, 0.25) is 0 Å². The Balaban J connectivity index is 0.000000230. The van der Waals surface area contributed by atoms with Crippen molar-refractivity contribution in [3.8, 4) is 0 Å². The van der Waals surface area contributed by atoms with Crippen molar-refractivity contribution >= 4 is 22.7 Å². The van der Waals surface area contributed by atoms with Crippen LogP contribution in [0.15, 0.2) is 97.1 Å². The summed E-state index contributed by atoms with van der Waals surface area (Å²) in [6, 6.07) is 23.4. The average molecular weight is 561 g/mol. The first kappa shape index (κ1) is 30.2. The highest BCUT2D eigenvalue weighted by Gasteiger charge is 2.72. The predicted molar refractivity (Wildman–Crippen MR) is 148 cm³/mol. The lowest BCUT2D eigenvalue weighted by Crippen LogP contribution is -2.54. The van der Waals surface area contributed by atoms with Gasteiger partial charge in [-0.3, -0.25) is 0 Å². The summed E-state index contributed by atoms with van der Waals surface area (Å²) in [5.41, 5.74) is 19.6. The third kappa shape index (κ3) is 5.95. The molecule has 0 aliphatic rings. The summed E-state index contributed by atoms with van der Waals surface area (Å²) in [4.78, 5) is 0. The number of nitrogen functional groups attached to an aromatic ring is 4. The second kappa shape index (κ2) is 11.0. The lowest BCUT2D eigenvalue weighted by atomic mass is 9.72. The Morgan fingerprint density at radius 2 is 0.750 bits per heavy atom. The number of halogens is 6. The second-order valence-corrected chi connectivity index (χ2v) is 9.87. The molecule has 0 saturated heterocycles. The number of anilines is 4. The molecular weight excluding hydrogens is 530 g/mol. The molecule has 0 aliphatic heterocycles. The van der Waals surface area contributed by atoms with Crippen LogP contribution in [-0.4, -0.2) is 12.4 Å². The Labute approximate surface area is 228 Å². The number of benzene rings is 4. The van der Waals surface area contributed by atoms with Gasteiger partial charge in [0.1, 0.15) is 0 Å². The van der Waals surface area contributed by atoms with Crippen LogP contribution >= 0.6 is 0 Å². The molecule has 0 aliphatic carbocycles.